The van der Waals surface area contributed by atoms with Gasteiger partial charge in [-0.05, 0) is 26.7 Å². The predicted molar refractivity (Wildman–Crippen MR) is 75.6 cm³/mol. The molecule has 0 aromatic carbocycles. The first kappa shape index (κ1) is 16.0. The maximum Gasteiger partial charge on any atom is 0.414 e. The fourth-order valence-electron chi connectivity index (χ4n) is 3.54. The van der Waals surface area contributed by atoms with Gasteiger partial charge >= 0.3 is 6.09 Å². The Bertz CT molecular complexity index is 506. The third kappa shape index (κ3) is 2.31. The first-order chi connectivity index (χ1) is 10.3. The summed E-state index contributed by atoms with van der Waals surface area (Å²) in [6.07, 6.45) is -0.0666. The summed E-state index contributed by atoms with van der Waals surface area (Å²) in [5, 5.41) is 13.2. The van der Waals surface area contributed by atoms with Crippen molar-refractivity contribution in [1.29, 1.82) is 0 Å². The van der Waals surface area contributed by atoms with Crippen molar-refractivity contribution in [1.82, 2.24) is 5.32 Å². The molecule has 1 aliphatic carbocycles. The Balaban J connectivity index is 1.67. The molecule has 0 radical (unpaired) electrons. The summed E-state index contributed by atoms with van der Waals surface area (Å²) in [5.74, 6) is -0.935. The van der Waals surface area contributed by atoms with E-state index >= 15 is 0 Å². The van der Waals surface area contributed by atoms with Crippen molar-refractivity contribution in [2.45, 2.75) is 62.1 Å². The van der Waals surface area contributed by atoms with Gasteiger partial charge in [0.2, 0.25) is 5.91 Å². The lowest BCUT2D eigenvalue weighted by atomic mass is 9.66. The Morgan fingerprint density at radius 3 is 2.64 bits per heavy atom. The Morgan fingerprint density at radius 1 is 1.50 bits per heavy atom. The van der Waals surface area contributed by atoms with Gasteiger partial charge in [0.25, 0.3) is 0 Å². The van der Waals surface area contributed by atoms with E-state index in [0.29, 0.717) is 19.4 Å². The van der Waals surface area contributed by atoms with Crippen molar-refractivity contribution in [3.8, 4) is 0 Å². The molecule has 8 heteroatoms. The molecule has 2 unspecified atom stereocenters. The van der Waals surface area contributed by atoms with E-state index in [1.54, 1.807) is 0 Å². The number of epoxide rings is 2. The van der Waals surface area contributed by atoms with Gasteiger partial charge in [0.05, 0.1) is 12.7 Å². The number of hydrogen-bond donors (Lipinski definition) is 2. The lowest BCUT2D eigenvalue weighted by Gasteiger charge is -2.44. The van der Waals surface area contributed by atoms with Crippen LogP contribution < -0.4 is 5.32 Å². The average Bonchev–Trinajstić information content (AvgIpc) is 3.34. The van der Waals surface area contributed by atoms with Crippen molar-refractivity contribution >= 4 is 23.6 Å². The monoisotopic (exact) mass is 333 g/mol. The first-order valence-corrected chi connectivity index (χ1v) is 7.90. The molecule has 22 heavy (non-hydrogen) atoms. The SMILES string of the molecule is CC1OC1(C)[C@@]1(O)C[C@H](OC(=O)NC(=O)CCl)CC[C@]12CO2. The number of imide groups is 1. The van der Waals surface area contributed by atoms with Gasteiger partial charge in [-0.1, -0.05) is 0 Å². The molecule has 3 aliphatic rings. The quantitative estimate of drug-likeness (QED) is 0.582. The van der Waals surface area contributed by atoms with Gasteiger partial charge < -0.3 is 19.3 Å². The standard InChI is InChI=1S/C14H20ClNO6/c1-8-12(2,22-8)14(19)5-9(3-4-13(14)7-20-13)21-11(18)16-10(17)6-15/h8-9,19H,3-7H2,1-2H3,(H,16,17,18)/t8?,9-,12?,13+,14+/m1/s1. The summed E-state index contributed by atoms with van der Waals surface area (Å²) in [6, 6.07) is 0. The van der Waals surface area contributed by atoms with Crippen LogP contribution in [0, 0.1) is 0 Å². The van der Waals surface area contributed by atoms with E-state index in [2.05, 4.69) is 0 Å². The van der Waals surface area contributed by atoms with E-state index in [9.17, 15) is 14.7 Å². The largest absolute Gasteiger partial charge is 0.446 e. The number of hydrogen-bond acceptors (Lipinski definition) is 6. The number of ether oxygens (including phenoxy) is 3. The topological polar surface area (TPSA) is 101 Å². The maximum absolute atomic E-state index is 11.6. The molecule has 0 bridgehead atoms. The minimum absolute atomic E-state index is 0.0797. The second-order valence-corrected chi connectivity index (χ2v) is 6.73. The number of alkyl carbamates (subject to hydrolysis) is 1. The van der Waals surface area contributed by atoms with E-state index in [4.69, 9.17) is 25.8 Å². The van der Waals surface area contributed by atoms with E-state index in [1.807, 2.05) is 19.2 Å². The lowest BCUT2D eigenvalue weighted by molar-refractivity contribution is -0.142. The van der Waals surface area contributed by atoms with Gasteiger partial charge in [0.15, 0.2) is 0 Å². The summed E-state index contributed by atoms with van der Waals surface area (Å²) in [6.45, 7) is 4.23. The molecular weight excluding hydrogens is 314 g/mol. The van der Waals surface area contributed by atoms with E-state index in [-0.39, 0.29) is 18.4 Å². The van der Waals surface area contributed by atoms with Crippen molar-refractivity contribution in [3.05, 3.63) is 0 Å². The third-order valence-electron chi connectivity index (χ3n) is 5.24. The normalized spacial score (nSPS) is 46.2. The zero-order valence-corrected chi connectivity index (χ0v) is 13.3. The highest BCUT2D eigenvalue weighted by Gasteiger charge is 2.77. The van der Waals surface area contributed by atoms with Crippen molar-refractivity contribution in [2.24, 2.45) is 0 Å². The van der Waals surface area contributed by atoms with Crippen LogP contribution in [0.4, 0.5) is 4.79 Å². The van der Waals surface area contributed by atoms with E-state index in [1.165, 1.54) is 0 Å². The molecule has 2 N–H and O–H groups in total. The summed E-state index contributed by atoms with van der Waals surface area (Å²) in [7, 11) is 0. The number of halogens is 1. The lowest BCUT2D eigenvalue weighted by Crippen LogP contribution is -2.61. The van der Waals surface area contributed by atoms with Crippen molar-refractivity contribution in [2.75, 3.05) is 12.5 Å². The molecule has 0 aromatic heterocycles. The highest BCUT2D eigenvalue weighted by Crippen LogP contribution is 2.60. The molecular formula is C14H20ClNO6. The summed E-state index contributed by atoms with van der Waals surface area (Å²) < 4.78 is 16.4. The number of nitrogens with one attached hydrogen (secondary N) is 1. The highest BCUT2D eigenvalue weighted by molar-refractivity contribution is 6.28. The Hall–Kier alpha value is -0.890. The van der Waals surface area contributed by atoms with Gasteiger partial charge in [-0.15, -0.1) is 11.6 Å². The van der Waals surface area contributed by atoms with Gasteiger partial charge in [-0.2, -0.15) is 0 Å². The summed E-state index contributed by atoms with van der Waals surface area (Å²) in [5.41, 5.74) is -2.51. The highest BCUT2D eigenvalue weighted by atomic mass is 35.5. The van der Waals surface area contributed by atoms with Crippen LogP contribution in [0.5, 0.6) is 0 Å². The van der Waals surface area contributed by atoms with Crippen LogP contribution in [0.1, 0.15) is 33.1 Å². The summed E-state index contributed by atoms with van der Waals surface area (Å²) in [4.78, 5) is 22.7. The van der Waals surface area contributed by atoms with Crippen molar-refractivity contribution < 1.29 is 28.9 Å². The van der Waals surface area contributed by atoms with Crippen LogP contribution >= 0.6 is 11.6 Å². The van der Waals surface area contributed by atoms with E-state index < -0.39 is 34.9 Å². The fraction of sp³-hybridized carbons (Fsp3) is 0.857. The molecule has 124 valence electrons. The number of carbonyl (C=O) groups excluding carboxylic acids is 2. The molecule has 7 nitrogen and oxygen atoms in total. The van der Waals surface area contributed by atoms with Gasteiger partial charge in [-0.3, -0.25) is 10.1 Å². The van der Waals surface area contributed by atoms with Crippen LogP contribution in [0.3, 0.4) is 0 Å². The molecule has 1 saturated carbocycles. The Morgan fingerprint density at radius 2 is 2.14 bits per heavy atom. The van der Waals surface area contributed by atoms with Crippen LogP contribution in [-0.4, -0.2) is 58.6 Å². The zero-order valence-electron chi connectivity index (χ0n) is 12.6. The van der Waals surface area contributed by atoms with E-state index in [0.717, 1.165) is 0 Å². The molecule has 2 amide bonds. The van der Waals surface area contributed by atoms with Crippen LogP contribution in [-0.2, 0) is 19.0 Å². The smallest absolute Gasteiger partial charge is 0.414 e. The second kappa shape index (κ2) is 5.06. The van der Waals surface area contributed by atoms with Crippen LogP contribution in [0.25, 0.3) is 0 Å². The van der Waals surface area contributed by atoms with Crippen molar-refractivity contribution in [3.63, 3.8) is 0 Å². The molecule has 5 atom stereocenters. The zero-order chi connectivity index (χ0) is 16.2. The number of alkyl halides is 1. The molecule has 0 aromatic rings. The maximum atomic E-state index is 11.6. The fourth-order valence-corrected chi connectivity index (χ4v) is 3.61. The van der Waals surface area contributed by atoms with Gasteiger partial charge in [0, 0.05) is 6.42 Å². The second-order valence-electron chi connectivity index (χ2n) is 6.46. The van der Waals surface area contributed by atoms with Gasteiger partial charge in [0.1, 0.15) is 28.8 Å². The predicted octanol–water partition coefficient (Wildman–Crippen LogP) is 0.708. The summed E-state index contributed by atoms with van der Waals surface area (Å²) >= 11 is 5.32. The first-order valence-electron chi connectivity index (χ1n) is 7.37. The molecule has 2 aliphatic heterocycles. The molecule has 3 fully saturated rings. The average molecular weight is 334 g/mol. The number of aliphatic hydroxyl groups is 1. The van der Waals surface area contributed by atoms with Crippen LogP contribution in [0.2, 0.25) is 0 Å². The van der Waals surface area contributed by atoms with Gasteiger partial charge in [-0.25, -0.2) is 4.79 Å². The Labute approximate surface area is 133 Å². The molecule has 1 spiro atoms. The van der Waals surface area contributed by atoms with Crippen LogP contribution in [0.15, 0.2) is 0 Å². The number of carbonyl (C=O) groups is 2. The molecule has 3 rings (SSSR count). The third-order valence-corrected chi connectivity index (χ3v) is 5.48. The number of amides is 2. The molecule has 2 saturated heterocycles. The number of rotatable bonds is 3. The minimum Gasteiger partial charge on any atom is -0.446 e. The minimum atomic E-state index is -1.21. The Kier molecular flexibility index (Phi) is 3.67. The molecule has 2 heterocycles.